The summed E-state index contributed by atoms with van der Waals surface area (Å²) in [6, 6.07) is 15.5. The van der Waals surface area contributed by atoms with Crippen molar-refractivity contribution in [3.05, 3.63) is 64.7 Å². The second-order valence-electron chi connectivity index (χ2n) is 5.75. The molecular weight excluding hydrogens is 342 g/mol. The van der Waals surface area contributed by atoms with Crippen LogP contribution < -0.4 is 10.1 Å². The fourth-order valence-electron chi connectivity index (χ4n) is 2.62. The normalized spacial score (nSPS) is 16.8. The molecule has 1 saturated heterocycles. The summed E-state index contributed by atoms with van der Waals surface area (Å²) < 4.78 is 11.4. The highest BCUT2D eigenvalue weighted by Gasteiger charge is 2.15. The van der Waals surface area contributed by atoms with Crippen LogP contribution in [-0.2, 0) is 11.3 Å². The highest BCUT2D eigenvalue weighted by Crippen LogP contribution is 2.20. The third-order valence-electron chi connectivity index (χ3n) is 3.96. The van der Waals surface area contributed by atoms with E-state index in [9.17, 15) is 0 Å². The summed E-state index contributed by atoms with van der Waals surface area (Å²) in [5, 5.41) is 3.99. The van der Waals surface area contributed by atoms with Gasteiger partial charge < -0.3 is 14.8 Å². The van der Waals surface area contributed by atoms with Crippen molar-refractivity contribution in [2.24, 2.45) is 0 Å². The molecule has 0 spiro atoms. The lowest BCUT2D eigenvalue weighted by Gasteiger charge is -2.14. The lowest BCUT2D eigenvalue weighted by atomic mass is 10.2. The minimum Gasteiger partial charge on any atom is -0.489 e. The molecule has 1 fully saturated rings. The Morgan fingerprint density at radius 2 is 2.12 bits per heavy atom. The van der Waals surface area contributed by atoms with Crippen molar-refractivity contribution in [1.29, 1.82) is 0 Å². The van der Waals surface area contributed by atoms with Crippen LogP contribution >= 0.6 is 23.8 Å². The molecule has 1 aliphatic rings. The van der Waals surface area contributed by atoms with Crippen LogP contribution in [0.3, 0.4) is 0 Å². The maximum atomic E-state index is 6.15. The first-order valence-electron chi connectivity index (χ1n) is 8.08. The van der Waals surface area contributed by atoms with Crippen molar-refractivity contribution >= 4 is 28.8 Å². The van der Waals surface area contributed by atoms with E-state index in [1.807, 2.05) is 48.5 Å². The van der Waals surface area contributed by atoms with Gasteiger partial charge in [0, 0.05) is 29.3 Å². The molecule has 0 bridgehead atoms. The first-order valence-corrected chi connectivity index (χ1v) is 8.87. The number of halogens is 1. The Bertz CT molecular complexity index is 701. The molecule has 0 saturated carbocycles. The Labute approximate surface area is 152 Å². The largest absolute Gasteiger partial charge is 0.489 e. The fraction of sp³-hybridized carbons (Fsp3) is 0.316. The zero-order valence-corrected chi connectivity index (χ0v) is 14.9. The van der Waals surface area contributed by atoms with E-state index in [1.54, 1.807) is 0 Å². The van der Waals surface area contributed by atoms with Crippen LogP contribution in [0.5, 0.6) is 5.75 Å². The van der Waals surface area contributed by atoms with Crippen LogP contribution in [0.4, 0.5) is 0 Å². The van der Waals surface area contributed by atoms with Crippen LogP contribution in [0, 0.1) is 0 Å². The van der Waals surface area contributed by atoms with E-state index < -0.39 is 0 Å². The van der Waals surface area contributed by atoms with Crippen LogP contribution in [0.2, 0.25) is 5.02 Å². The highest BCUT2D eigenvalue weighted by atomic mass is 35.5. The minimum atomic E-state index is 0.266. The first kappa shape index (κ1) is 17.2. The van der Waals surface area contributed by atoms with Gasteiger partial charge in [-0.15, -0.1) is 0 Å². The van der Waals surface area contributed by atoms with Gasteiger partial charge in [0.2, 0.25) is 0 Å². The molecule has 24 heavy (non-hydrogen) atoms. The number of hydrogen-bond acceptors (Lipinski definition) is 3. The number of rotatable bonds is 6. The van der Waals surface area contributed by atoms with Gasteiger partial charge in [-0.2, -0.15) is 0 Å². The zero-order valence-electron chi connectivity index (χ0n) is 13.3. The van der Waals surface area contributed by atoms with E-state index in [4.69, 9.17) is 33.3 Å². The smallest absolute Gasteiger partial charge is 0.120 e. The molecular formula is C19H20ClNO2S. The van der Waals surface area contributed by atoms with Crippen molar-refractivity contribution in [2.75, 3.05) is 13.2 Å². The summed E-state index contributed by atoms with van der Waals surface area (Å²) in [4.78, 5) is 0.716. The van der Waals surface area contributed by atoms with Crippen molar-refractivity contribution in [3.63, 3.8) is 0 Å². The van der Waals surface area contributed by atoms with Crippen LogP contribution in [0.1, 0.15) is 24.0 Å². The third kappa shape index (κ3) is 4.69. The van der Waals surface area contributed by atoms with Crippen molar-refractivity contribution in [2.45, 2.75) is 25.6 Å². The van der Waals surface area contributed by atoms with Crippen LogP contribution in [-0.4, -0.2) is 24.2 Å². The van der Waals surface area contributed by atoms with E-state index in [-0.39, 0.29) is 6.10 Å². The van der Waals surface area contributed by atoms with Crippen molar-refractivity contribution in [3.8, 4) is 5.75 Å². The SMILES string of the molecule is S=C(NC[C@@H]1CCCO1)c1cccc(OCc2ccccc2Cl)c1. The van der Waals surface area contributed by atoms with Crippen molar-refractivity contribution in [1.82, 2.24) is 5.32 Å². The lowest BCUT2D eigenvalue weighted by molar-refractivity contribution is 0.114. The maximum Gasteiger partial charge on any atom is 0.120 e. The van der Waals surface area contributed by atoms with Crippen molar-refractivity contribution < 1.29 is 9.47 Å². The quantitative estimate of drug-likeness (QED) is 0.774. The van der Waals surface area contributed by atoms with Gasteiger partial charge in [0.25, 0.3) is 0 Å². The van der Waals surface area contributed by atoms with E-state index in [0.29, 0.717) is 16.6 Å². The highest BCUT2D eigenvalue weighted by molar-refractivity contribution is 7.80. The predicted octanol–water partition coefficient (Wildman–Crippen LogP) is 4.36. The number of thiocarbonyl (C=S) groups is 1. The monoisotopic (exact) mass is 361 g/mol. The van der Waals surface area contributed by atoms with Crippen LogP contribution in [0.25, 0.3) is 0 Å². The number of hydrogen-bond donors (Lipinski definition) is 1. The molecule has 1 N–H and O–H groups in total. The molecule has 1 atom stereocenters. The summed E-state index contributed by atoms with van der Waals surface area (Å²) in [5.74, 6) is 0.772. The van der Waals surface area contributed by atoms with Gasteiger partial charge in [0.15, 0.2) is 0 Å². The standard InChI is InChI=1S/C19H20ClNO2S/c20-18-9-2-1-5-15(18)13-23-16-7-3-6-14(11-16)19(24)21-12-17-8-4-10-22-17/h1-3,5-7,9,11,17H,4,8,10,12-13H2,(H,21,24)/t17-/m0/s1. The number of ether oxygens (including phenoxy) is 2. The van der Waals surface area contributed by atoms with Gasteiger partial charge in [-0.05, 0) is 31.0 Å². The molecule has 0 amide bonds. The molecule has 5 heteroatoms. The average Bonchev–Trinajstić information content (AvgIpc) is 3.13. The Balaban J connectivity index is 1.57. The van der Waals surface area contributed by atoms with E-state index >= 15 is 0 Å². The van der Waals surface area contributed by atoms with Gasteiger partial charge in [-0.25, -0.2) is 0 Å². The zero-order chi connectivity index (χ0) is 16.8. The topological polar surface area (TPSA) is 30.5 Å². The van der Waals surface area contributed by atoms with Gasteiger partial charge in [-0.1, -0.05) is 54.2 Å². The molecule has 0 aliphatic carbocycles. The summed E-state index contributed by atoms with van der Waals surface area (Å²) in [7, 11) is 0. The Kier molecular flexibility index (Phi) is 6.07. The Hall–Kier alpha value is -1.62. The van der Waals surface area contributed by atoms with Gasteiger partial charge in [0.1, 0.15) is 17.3 Å². The Morgan fingerprint density at radius 3 is 2.92 bits per heavy atom. The minimum absolute atomic E-state index is 0.266. The molecule has 1 aliphatic heterocycles. The summed E-state index contributed by atoms with van der Waals surface area (Å²) in [5.41, 5.74) is 1.91. The molecule has 3 rings (SSSR count). The second kappa shape index (κ2) is 8.47. The van der Waals surface area contributed by atoms with Gasteiger partial charge in [0.05, 0.1) is 6.10 Å². The van der Waals surface area contributed by atoms with Crippen LogP contribution in [0.15, 0.2) is 48.5 Å². The molecule has 2 aromatic rings. The number of benzene rings is 2. The summed E-state index contributed by atoms with van der Waals surface area (Å²) in [6.45, 7) is 2.03. The van der Waals surface area contributed by atoms with E-state index in [2.05, 4.69) is 5.32 Å². The lowest BCUT2D eigenvalue weighted by Crippen LogP contribution is -2.31. The molecule has 126 valence electrons. The van der Waals surface area contributed by atoms with Gasteiger partial charge in [-0.3, -0.25) is 0 Å². The fourth-order valence-corrected chi connectivity index (χ4v) is 3.02. The first-order chi connectivity index (χ1) is 11.7. The molecule has 3 nitrogen and oxygen atoms in total. The Morgan fingerprint density at radius 1 is 1.25 bits per heavy atom. The predicted molar refractivity (Wildman–Crippen MR) is 101 cm³/mol. The third-order valence-corrected chi connectivity index (χ3v) is 4.71. The molecule has 0 aromatic heterocycles. The molecule has 0 radical (unpaired) electrons. The average molecular weight is 362 g/mol. The molecule has 0 unspecified atom stereocenters. The van der Waals surface area contributed by atoms with E-state index in [0.717, 1.165) is 42.9 Å². The second-order valence-corrected chi connectivity index (χ2v) is 6.57. The summed E-state index contributed by atoms with van der Waals surface area (Å²) >= 11 is 11.6. The molecule has 2 aromatic carbocycles. The number of nitrogens with one attached hydrogen (secondary N) is 1. The van der Waals surface area contributed by atoms with E-state index in [1.165, 1.54) is 0 Å². The maximum absolute atomic E-state index is 6.15. The summed E-state index contributed by atoms with van der Waals surface area (Å²) in [6.07, 6.45) is 2.49. The molecule has 1 heterocycles. The van der Waals surface area contributed by atoms with Gasteiger partial charge >= 0.3 is 0 Å².